The Morgan fingerprint density at radius 1 is 1.30 bits per heavy atom. The highest BCUT2D eigenvalue weighted by atomic mass is 35.5. The fourth-order valence-corrected chi connectivity index (χ4v) is 4.02. The molecule has 0 N–H and O–H groups in total. The highest BCUT2D eigenvalue weighted by molar-refractivity contribution is 7.89. The van der Waals surface area contributed by atoms with Crippen molar-refractivity contribution in [1.29, 1.82) is 0 Å². The number of pyridine rings is 1. The Kier molecular flexibility index (Phi) is 4.27. The second-order valence-corrected chi connectivity index (χ2v) is 6.78. The van der Waals surface area contributed by atoms with Gasteiger partial charge in [0, 0.05) is 19.3 Å². The van der Waals surface area contributed by atoms with Gasteiger partial charge in [-0.25, -0.2) is 13.4 Å². The van der Waals surface area contributed by atoms with Crippen LogP contribution in [0.1, 0.15) is 12.8 Å². The molecule has 0 amide bonds. The van der Waals surface area contributed by atoms with Gasteiger partial charge in [-0.2, -0.15) is 17.5 Å². The first kappa shape index (κ1) is 15.5. The number of halogens is 4. The van der Waals surface area contributed by atoms with Crippen LogP contribution in [0.5, 0.6) is 0 Å². The zero-order chi connectivity index (χ0) is 15.0. The Labute approximate surface area is 119 Å². The number of sulfonamides is 1. The van der Waals surface area contributed by atoms with Gasteiger partial charge in [0.25, 0.3) is 0 Å². The molecule has 0 radical (unpaired) electrons. The van der Waals surface area contributed by atoms with Gasteiger partial charge in [0.2, 0.25) is 10.0 Å². The van der Waals surface area contributed by atoms with Crippen molar-refractivity contribution in [2.75, 3.05) is 13.1 Å². The molecule has 0 bridgehead atoms. The molecule has 4 nitrogen and oxygen atoms in total. The number of hydrogen-bond acceptors (Lipinski definition) is 3. The van der Waals surface area contributed by atoms with Crippen molar-refractivity contribution < 1.29 is 21.6 Å². The minimum atomic E-state index is -4.28. The fourth-order valence-electron chi connectivity index (χ4n) is 2.13. The second-order valence-electron chi connectivity index (χ2n) is 4.51. The summed E-state index contributed by atoms with van der Waals surface area (Å²) in [5.74, 6) is -1.45. The van der Waals surface area contributed by atoms with E-state index in [1.54, 1.807) is 0 Å². The van der Waals surface area contributed by atoms with Crippen molar-refractivity contribution in [1.82, 2.24) is 9.29 Å². The summed E-state index contributed by atoms with van der Waals surface area (Å²) in [6.07, 6.45) is -3.40. The monoisotopic (exact) mass is 328 g/mol. The summed E-state index contributed by atoms with van der Waals surface area (Å²) in [5.41, 5.74) is 0. The number of nitrogens with zero attached hydrogens (tertiary/aromatic N) is 2. The average molecular weight is 329 g/mol. The van der Waals surface area contributed by atoms with E-state index >= 15 is 0 Å². The maximum atomic E-state index is 12.6. The van der Waals surface area contributed by atoms with Gasteiger partial charge in [0.1, 0.15) is 10.0 Å². The molecule has 0 aromatic carbocycles. The van der Waals surface area contributed by atoms with E-state index < -0.39 is 22.1 Å². The molecule has 112 valence electrons. The van der Waals surface area contributed by atoms with Crippen molar-refractivity contribution in [3.8, 4) is 0 Å². The van der Waals surface area contributed by atoms with Crippen LogP contribution in [0.2, 0.25) is 5.15 Å². The number of rotatable bonds is 2. The van der Waals surface area contributed by atoms with E-state index in [1.807, 2.05) is 0 Å². The first-order valence-corrected chi connectivity index (χ1v) is 7.72. The topological polar surface area (TPSA) is 50.3 Å². The molecule has 0 unspecified atom stereocenters. The van der Waals surface area contributed by atoms with E-state index in [0.29, 0.717) is 0 Å². The number of aromatic nitrogens is 1. The molecule has 1 aliphatic heterocycles. The summed E-state index contributed by atoms with van der Waals surface area (Å²) in [6, 6.07) is 2.71. The molecule has 1 aromatic rings. The zero-order valence-electron chi connectivity index (χ0n) is 10.3. The van der Waals surface area contributed by atoms with E-state index in [4.69, 9.17) is 11.6 Å². The predicted octanol–water partition coefficient (Wildman–Crippen LogP) is 2.70. The van der Waals surface area contributed by atoms with Crippen molar-refractivity contribution in [2.24, 2.45) is 5.92 Å². The van der Waals surface area contributed by atoms with Crippen molar-refractivity contribution in [2.45, 2.75) is 23.9 Å². The molecule has 1 aliphatic rings. The molecular formula is C11H12ClF3N2O2S. The Morgan fingerprint density at radius 2 is 1.90 bits per heavy atom. The highest BCUT2D eigenvalue weighted by Crippen LogP contribution is 2.35. The quantitative estimate of drug-likeness (QED) is 0.784. The summed E-state index contributed by atoms with van der Waals surface area (Å²) < 4.78 is 63.3. The highest BCUT2D eigenvalue weighted by Gasteiger charge is 2.43. The molecule has 1 aromatic heterocycles. The third-order valence-electron chi connectivity index (χ3n) is 3.26. The van der Waals surface area contributed by atoms with Gasteiger partial charge in [0.15, 0.2) is 0 Å². The van der Waals surface area contributed by atoms with E-state index in [-0.39, 0.29) is 36.0 Å². The standard InChI is InChI=1S/C11H12ClF3N2O2S/c12-10-9(2-1-5-16-10)20(18,19)17-6-3-8(4-7-17)11(13,14)15/h1-2,5,8H,3-4,6-7H2. The minimum Gasteiger partial charge on any atom is -0.243 e. The van der Waals surface area contributed by atoms with Gasteiger partial charge in [-0.3, -0.25) is 0 Å². The van der Waals surface area contributed by atoms with Gasteiger partial charge in [0.05, 0.1) is 5.92 Å². The average Bonchev–Trinajstić information content (AvgIpc) is 2.38. The van der Waals surface area contributed by atoms with Crippen LogP contribution < -0.4 is 0 Å². The molecule has 0 spiro atoms. The van der Waals surface area contributed by atoms with Crippen molar-refractivity contribution in [3.05, 3.63) is 23.5 Å². The van der Waals surface area contributed by atoms with Gasteiger partial charge in [-0.05, 0) is 25.0 Å². The normalized spacial score (nSPS) is 19.2. The minimum absolute atomic E-state index is 0.169. The van der Waals surface area contributed by atoms with Crippen molar-refractivity contribution in [3.63, 3.8) is 0 Å². The lowest BCUT2D eigenvalue weighted by Crippen LogP contribution is -2.42. The molecule has 2 rings (SSSR count). The molecule has 0 atom stereocenters. The summed E-state index contributed by atoms with van der Waals surface area (Å²) in [5, 5.41) is -0.176. The Balaban J connectivity index is 2.16. The lowest BCUT2D eigenvalue weighted by atomic mass is 9.98. The molecule has 2 heterocycles. The molecular weight excluding hydrogens is 317 g/mol. The molecule has 9 heteroatoms. The van der Waals surface area contributed by atoms with Gasteiger partial charge < -0.3 is 0 Å². The Bertz CT molecular complexity index is 584. The van der Waals surface area contributed by atoms with Gasteiger partial charge in [-0.1, -0.05) is 11.6 Å². The van der Waals surface area contributed by atoms with Crippen LogP contribution in [0.3, 0.4) is 0 Å². The first-order valence-electron chi connectivity index (χ1n) is 5.90. The van der Waals surface area contributed by atoms with E-state index in [0.717, 1.165) is 4.31 Å². The molecule has 20 heavy (non-hydrogen) atoms. The van der Waals surface area contributed by atoms with E-state index in [2.05, 4.69) is 4.98 Å². The van der Waals surface area contributed by atoms with E-state index in [9.17, 15) is 21.6 Å². The molecule has 0 saturated carbocycles. The van der Waals surface area contributed by atoms with Crippen LogP contribution in [0, 0.1) is 5.92 Å². The van der Waals surface area contributed by atoms with Crippen LogP contribution in [-0.4, -0.2) is 37.0 Å². The van der Waals surface area contributed by atoms with Crippen LogP contribution in [-0.2, 0) is 10.0 Å². The molecule has 1 saturated heterocycles. The third-order valence-corrected chi connectivity index (χ3v) is 5.60. The second kappa shape index (κ2) is 5.50. The van der Waals surface area contributed by atoms with Gasteiger partial charge in [-0.15, -0.1) is 0 Å². The molecule has 1 fully saturated rings. The third kappa shape index (κ3) is 3.07. The largest absolute Gasteiger partial charge is 0.391 e. The van der Waals surface area contributed by atoms with Crippen LogP contribution in [0.15, 0.2) is 23.2 Å². The van der Waals surface area contributed by atoms with Gasteiger partial charge >= 0.3 is 6.18 Å². The van der Waals surface area contributed by atoms with Crippen LogP contribution in [0.4, 0.5) is 13.2 Å². The molecule has 0 aliphatic carbocycles. The SMILES string of the molecule is O=S(=O)(c1cccnc1Cl)N1CCC(C(F)(F)F)CC1. The zero-order valence-corrected chi connectivity index (χ0v) is 11.8. The van der Waals surface area contributed by atoms with Crippen LogP contribution in [0.25, 0.3) is 0 Å². The lowest BCUT2D eigenvalue weighted by Gasteiger charge is -2.32. The summed E-state index contributed by atoms with van der Waals surface area (Å²) >= 11 is 5.73. The fraction of sp³-hybridized carbons (Fsp3) is 0.545. The summed E-state index contributed by atoms with van der Waals surface area (Å²) in [7, 11) is -3.89. The van der Waals surface area contributed by atoms with Crippen molar-refractivity contribution >= 4 is 21.6 Å². The number of hydrogen-bond donors (Lipinski definition) is 0. The summed E-state index contributed by atoms with van der Waals surface area (Å²) in [6.45, 7) is -0.338. The summed E-state index contributed by atoms with van der Waals surface area (Å²) in [4.78, 5) is 3.50. The van der Waals surface area contributed by atoms with E-state index in [1.165, 1.54) is 18.3 Å². The number of piperidine rings is 1. The number of alkyl halides is 3. The lowest BCUT2D eigenvalue weighted by molar-refractivity contribution is -0.182. The smallest absolute Gasteiger partial charge is 0.243 e. The van der Waals surface area contributed by atoms with Crippen LogP contribution >= 0.6 is 11.6 Å². The Morgan fingerprint density at radius 3 is 2.40 bits per heavy atom. The maximum Gasteiger partial charge on any atom is 0.391 e. The predicted molar refractivity (Wildman–Crippen MR) is 66.8 cm³/mol. The first-order chi connectivity index (χ1) is 9.23. The maximum absolute atomic E-state index is 12.6. The Hall–Kier alpha value is -0.860.